The highest BCUT2D eigenvalue weighted by Gasteiger charge is 2.56. The Balaban J connectivity index is 2.07. The molecule has 0 aliphatic carbocycles. The molecule has 9 heteroatoms. The second kappa shape index (κ2) is 11.9. The molecule has 198 valence electrons. The van der Waals surface area contributed by atoms with E-state index in [1.807, 2.05) is 67.6 Å². The first kappa shape index (κ1) is 28.4. The number of amides is 3. The molecule has 1 aliphatic heterocycles. The molecule has 0 saturated heterocycles. The van der Waals surface area contributed by atoms with Crippen LogP contribution in [0.25, 0.3) is 0 Å². The van der Waals surface area contributed by atoms with Gasteiger partial charge in [0.25, 0.3) is 0 Å². The van der Waals surface area contributed by atoms with Crippen molar-refractivity contribution in [2.45, 2.75) is 64.3 Å². The molecule has 0 radical (unpaired) electrons. The molecule has 0 bridgehead atoms. The second-order valence-corrected chi connectivity index (χ2v) is 11.3. The molecule has 2 aromatic carbocycles. The number of aliphatic hydroxyl groups excluding tert-OH is 1. The Morgan fingerprint density at radius 2 is 1.65 bits per heavy atom. The third kappa shape index (κ3) is 6.22. The van der Waals surface area contributed by atoms with Crippen molar-refractivity contribution in [1.29, 1.82) is 0 Å². The van der Waals surface area contributed by atoms with Crippen molar-refractivity contribution in [2.24, 2.45) is 10.5 Å². The van der Waals surface area contributed by atoms with Crippen LogP contribution in [0.2, 0.25) is 0 Å². The van der Waals surface area contributed by atoms with Crippen molar-refractivity contribution >= 4 is 34.7 Å². The van der Waals surface area contributed by atoms with E-state index in [1.54, 1.807) is 27.7 Å². The molecule has 0 fully saturated rings. The Morgan fingerprint density at radius 3 is 2.19 bits per heavy atom. The van der Waals surface area contributed by atoms with Crippen LogP contribution < -0.4 is 10.6 Å². The number of nitrogens with one attached hydrogen (secondary N) is 2. The molecule has 3 N–H and O–H groups in total. The van der Waals surface area contributed by atoms with Gasteiger partial charge in [-0.2, -0.15) is 0 Å². The van der Waals surface area contributed by atoms with Gasteiger partial charge in [-0.05, 0) is 36.2 Å². The van der Waals surface area contributed by atoms with E-state index in [4.69, 9.17) is 0 Å². The zero-order valence-electron chi connectivity index (χ0n) is 22.0. The molecule has 3 amide bonds. The van der Waals surface area contributed by atoms with Gasteiger partial charge in [-0.25, -0.2) is 5.01 Å². The molecule has 2 aromatic rings. The fourth-order valence-corrected chi connectivity index (χ4v) is 5.39. The quantitative estimate of drug-likeness (QED) is 0.485. The predicted octanol–water partition coefficient (Wildman–Crippen LogP) is 3.93. The summed E-state index contributed by atoms with van der Waals surface area (Å²) in [5.74, 6) is -1.29. The third-order valence-electron chi connectivity index (χ3n) is 6.17. The highest BCUT2D eigenvalue weighted by Crippen LogP contribution is 2.49. The summed E-state index contributed by atoms with van der Waals surface area (Å²) in [6.45, 7) is 8.59. The first-order valence-electron chi connectivity index (χ1n) is 12.5. The smallest absolute Gasteiger partial charge is 0.249 e. The van der Waals surface area contributed by atoms with Crippen molar-refractivity contribution in [3.05, 3.63) is 71.8 Å². The number of carbonyl (C=O) groups is 3. The van der Waals surface area contributed by atoms with Gasteiger partial charge in [0.2, 0.25) is 17.7 Å². The SMILES string of the molecule is CCCC(=O)NC(CO)C1(c2ccccc2)SC(NC(=O)C(C)c2ccccc2)=NN1C(=O)C(C)(C)C. The molecular formula is C28H36N4O4S. The molecule has 3 rings (SSSR count). The van der Waals surface area contributed by atoms with Crippen LogP contribution in [-0.2, 0) is 19.3 Å². The minimum Gasteiger partial charge on any atom is -0.394 e. The van der Waals surface area contributed by atoms with Gasteiger partial charge in [0, 0.05) is 11.8 Å². The lowest BCUT2D eigenvalue weighted by Gasteiger charge is -2.43. The Labute approximate surface area is 222 Å². The molecule has 0 aromatic heterocycles. The highest BCUT2D eigenvalue weighted by molar-refractivity contribution is 8.14. The molecule has 37 heavy (non-hydrogen) atoms. The van der Waals surface area contributed by atoms with Gasteiger partial charge in [0.05, 0.1) is 18.6 Å². The van der Waals surface area contributed by atoms with Crippen molar-refractivity contribution in [3.63, 3.8) is 0 Å². The number of rotatable bonds is 8. The number of carbonyl (C=O) groups excluding carboxylic acids is 3. The first-order chi connectivity index (χ1) is 17.5. The van der Waals surface area contributed by atoms with Crippen LogP contribution in [0.4, 0.5) is 0 Å². The summed E-state index contributed by atoms with van der Waals surface area (Å²) in [5, 5.41) is 22.5. The maximum Gasteiger partial charge on any atom is 0.249 e. The van der Waals surface area contributed by atoms with Crippen LogP contribution in [0, 0.1) is 5.41 Å². The van der Waals surface area contributed by atoms with Crippen LogP contribution in [0.15, 0.2) is 65.8 Å². The van der Waals surface area contributed by atoms with Gasteiger partial charge < -0.3 is 15.7 Å². The lowest BCUT2D eigenvalue weighted by molar-refractivity contribution is -0.145. The molecular weight excluding hydrogens is 488 g/mol. The van der Waals surface area contributed by atoms with E-state index in [0.29, 0.717) is 12.0 Å². The summed E-state index contributed by atoms with van der Waals surface area (Å²) >= 11 is 1.15. The third-order valence-corrected chi connectivity index (χ3v) is 7.55. The van der Waals surface area contributed by atoms with Crippen molar-refractivity contribution in [2.75, 3.05) is 6.61 Å². The standard InChI is InChI=1S/C28H36N4O4S/c1-6-13-23(34)29-22(18-33)28(21-16-11-8-12-17-21)32(25(36)27(3,4)5)31-26(37-28)30-24(35)19(2)20-14-9-7-10-15-20/h7-12,14-17,19,22,33H,6,13,18H2,1-5H3,(H,29,34)(H,30,31,35). The summed E-state index contributed by atoms with van der Waals surface area (Å²) in [7, 11) is 0. The molecule has 3 atom stereocenters. The number of thioether (sulfide) groups is 1. The lowest BCUT2D eigenvalue weighted by Crippen LogP contribution is -2.59. The molecule has 0 spiro atoms. The summed E-state index contributed by atoms with van der Waals surface area (Å²) in [6.07, 6.45) is 0.910. The van der Waals surface area contributed by atoms with Crippen LogP contribution >= 0.6 is 11.8 Å². The lowest BCUT2D eigenvalue weighted by atomic mass is 9.91. The molecule has 8 nitrogen and oxygen atoms in total. The van der Waals surface area contributed by atoms with Crippen LogP contribution in [0.3, 0.4) is 0 Å². The van der Waals surface area contributed by atoms with E-state index in [9.17, 15) is 19.5 Å². The van der Waals surface area contributed by atoms with Gasteiger partial charge in [0.15, 0.2) is 10.0 Å². The maximum atomic E-state index is 13.8. The van der Waals surface area contributed by atoms with Gasteiger partial charge in [-0.1, -0.05) is 88.4 Å². The summed E-state index contributed by atoms with van der Waals surface area (Å²) in [6, 6.07) is 17.7. The van der Waals surface area contributed by atoms with Crippen molar-refractivity contribution in [3.8, 4) is 0 Å². The van der Waals surface area contributed by atoms with E-state index >= 15 is 0 Å². The van der Waals surface area contributed by atoms with Gasteiger partial charge >= 0.3 is 0 Å². The zero-order valence-corrected chi connectivity index (χ0v) is 22.8. The molecule has 1 aliphatic rings. The Bertz CT molecular complexity index is 1130. The monoisotopic (exact) mass is 524 g/mol. The summed E-state index contributed by atoms with van der Waals surface area (Å²) < 4.78 is 0. The minimum atomic E-state index is -1.32. The number of amidine groups is 1. The number of hydrazone groups is 1. The zero-order chi connectivity index (χ0) is 27.2. The molecule has 3 unspecified atom stereocenters. The predicted molar refractivity (Wildman–Crippen MR) is 146 cm³/mol. The summed E-state index contributed by atoms with van der Waals surface area (Å²) in [4.78, 5) is 38.3. The number of hydrogen-bond acceptors (Lipinski definition) is 6. The first-order valence-corrected chi connectivity index (χ1v) is 13.3. The van der Waals surface area contributed by atoms with E-state index in [1.165, 1.54) is 5.01 Å². The van der Waals surface area contributed by atoms with Crippen LogP contribution in [-0.4, -0.2) is 45.7 Å². The van der Waals surface area contributed by atoms with Gasteiger partial charge in [-0.3, -0.25) is 14.4 Å². The average Bonchev–Trinajstić information content (AvgIpc) is 3.26. The van der Waals surface area contributed by atoms with Gasteiger partial charge in [0.1, 0.15) is 0 Å². The number of nitrogens with zero attached hydrogens (tertiary/aromatic N) is 2. The van der Waals surface area contributed by atoms with Gasteiger partial charge in [-0.15, -0.1) is 5.10 Å². The van der Waals surface area contributed by atoms with E-state index < -0.39 is 28.9 Å². The van der Waals surface area contributed by atoms with Crippen LogP contribution in [0.5, 0.6) is 0 Å². The maximum absolute atomic E-state index is 13.8. The van der Waals surface area contributed by atoms with Crippen molar-refractivity contribution in [1.82, 2.24) is 15.6 Å². The fourth-order valence-electron chi connectivity index (χ4n) is 4.09. The summed E-state index contributed by atoms with van der Waals surface area (Å²) in [5.41, 5.74) is 0.687. The number of benzene rings is 2. The molecule has 0 saturated carbocycles. The Kier molecular flexibility index (Phi) is 9.15. The minimum absolute atomic E-state index is 0.220. The normalized spacial score (nSPS) is 19.1. The van der Waals surface area contributed by atoms with Crippen molar-refractivity contribution < 1.29 is 19.5 Å². The van der Waals surface area contributed by atoms with Crippen LogP contribution in [0.1, 0.15) is 64.5 Å². The second-order valence-electron chi connectivity index (χ2n) is 10.1. The van der Waals surface area contributed by atoms with E-state index in [-0.39, 0.29) is 29.3 Å². The Hall–Kier alpha value is -3.17. The highest BCUT2D eigenvalue weighted by atomic mass is 32.2. The molecule has 1 heterocycles. The largest absolute Gasteiger partial charge is 0.394 e. The number of aliphatic hydroxyl groups is 1. The topological polar surface area (TPSA) is 111 Å². The Morgan fingerprint density at radius 1 is 1.05 bits per heavy atom. The average molecular weight is 525 g/mol. The number of hydrogen-bond donors (Lipinski definition) is 3. The van der Waals surface area contributed by atoms with E-state index in [0.717, 1.165) is 17.3 Å². The fraction of sp³-hybridized carbons (Fsp3) is 0.429. The van der Waals surface area contributed by atoms with E-state index in [2.05, 4.69) is 15.7 Å².